The maximum absolute atomic E-state index is 11.8. The molecule has 0 heterocycles. The Labute approximate surface area is 144 Å². The molecule has 5 nitrogen and oxygen atoms in total. The number of amides is 2. The molecule has 0 bridgehead atoms. The molecule has 0 saturated carbocycles. The summed E-state index contributed by atoms with van der Waals surface area (Å²) in [6, 6.07) is 7.17. The Hall–Kier alpha value is -2.14. The molecule has 2 amide bonds. The summed E-state index contributed by atoms with van der Waals surface area (Å²) in [5.74, 6) is 0.153. The van der Waals surface area contributed by atoms with Crippen molar-refractivity contribution in [3.8, 4) is 0 Å². The lowest BCUT2D eigenvalue weighted by Crippen LogP contribution is -2.40. The molecule has 5 heteroatoms. The van der Waals surface area contributed by atoms with E-state index >= 15 is 0 Å². The lowest BCUT2D eigenvalue weighted by atomic mass is 9.95. The van der Waals surface area contributed by atoms with Gasteiger partial charge in [0, 0.05) is 25.2 Å². The first kappa shape index (κ1) is 19.9. The molecule has 1 unspecified atom stereocenters. The summed E-state index contributed by atoms with van der Waals surface area (Å²) < 4.78 is 0. The summed E-state index contributed by atoms with van der Waals surface area (Å²) in [6.45, 7) is 7.63. The van der Waals surface area contributed by atoms with Crippen LogP contribution in [0.3, 0.4) is 0 Å². The summed E-state index contributed by atoms with van der Waals surface area (Å²) in [4.78, 5) is 22.8. The average molecular weight is 332 g/mol. The van der Waals surface area contributed by atoms with Crippen LogP contribution in [0.15, 0.2) is 30.3 Å². The number of anilines is 1. The summed E-state index contributed by atoms with van der Waals surface area (Å²) in [6.07, 6.45) is 4.69. The highest BCUT2D eigenvalue weighted by Crippen LogP contribution is 2.15. The standard InChI is InChI=1S/C19H28N2O3/c1-14(2)11-12-19(4,24)13-20-18(23)10-7-16-5-8-17(9-6-16)21-15(3)22/h5-10,14,24H,11-13H2,1-4H3,(H,20,23)(H,21,22). The first-order chi connectivity index (χ1) is 11.2. The number of aliphatic hydroxyl groups is 1. The fourth-order valence-corrected chi connectivity index (χ4v) is 2.08. The summed E-state index contributed by atoms with van der Waals surface area (Å²) in [5, 5.41) is 15.6. The van der Waals surface area contributed by atoms with Crippen molar-refractivity contribution in [2.24, 2.45) is 5.92 Å². The molecule has 1 atom stereocenters. The Morgan fingerprint density at radius 1 is 1.25 bits per heavy atom. The number of nitrogens with one attached hydrogen (secondary N) is 2. The molecule has 0 aliphatic rings. The molecule has 0 aliphatic heterocycles. The van der Waals surface area contributed by atoms with Crippen molar-refractivity contribution in [1.29, 1.82) is 0 Å². The molecule has 0 saturated heterocycles. The Balaban J connectivity index is 2.46. The van der Waals surface area contributed by atoms with E-state index in [1.165, 1.54) is 13.0 Å². The topological polar surface area (TPSA) is 78.4 Å². The van der Waals surface area contributed by atoms with Crippen molar-refractivity contribution >= 4 is 23.6 Å². The maximum atomic E-state index is 11.8. The van der Waals surface area contributed by atoms with Crippen LogP contribution in [-0.2, 0) is 9.59 Å². The van der Waals surface area contributed by atoms with Gasteiger partial charge in [0.2, 0.25) is 11.8 Å². The lowest BCUT2D eigenvalue weighted by Gasteiger charge is -2.24. The Morgan fingerprint density at radius 3 is 2.42 bits per heavy atom. The van der Waals surface area contributed by atoms with Crippen LogP contribution in [0, 0.1) is 5.92 Å². The van der Waals surface area contributed by atoms with Gasteiger partial charge in [0.25, 0.3) is 0 Å². The minimum atomic E-state index is -0.895. The SMILES string of the molecule is CC(=O)Nc1ccc(C=CC(=O)NCC(C)(O)CCC(C)C)cc1. The Bertz CT molecular complexity index is 575. The number of rotatable bonds is 8. The third-order valence-electron chi connectivity index (χ3n) is 3.56. The predicted octanol–water partition coefficient (Wildman–Crippen LogP) is 2.96. The van der Waals surface area contributed by atoms with Crippen molar-refractivity contribution in [3.63, 3.8) is 0 Å². The van der Waals surface area contributed by atoms with Gasteiger partial charge in [-0.05, 0) is 49.5 Å². The molecule has 24 heavy (non-hydrogen) atoms. The summed E-state index contributed by atoms with van der Waals surface area (Å²) >= 11 is 0. The van der Waals surface area contributed by atoms with E-state index in [9.17, 15) is 14.7 Å². The summed E-state index contributed by atoms with van der Waals surface area (Å²) in [5.41, 5.74) is 0.671. The monoisotopic (exact) mass is 332 g/mol. The number of benzene rings is 1. The number of carbonyl (C=O) groups is 2. The van der Waals surface area contributed by atoms with E-state index in [2.05, 4.69) is 24.5 Å². The molecule has 1 aromatic carbocycles. The third kappa shape index (κ3) is 8.48. The van der Waals surface area contributed by atoms with Gasteiger partial charge in [-0.3, -0.25) is 9.59 Å². The second kappa shape index (κ2) is 9.23. The highest BCUT2D eigenvalue weighted by Gasteiger charge is 2.20. The molecular formula is C19H28N2O3. The quantitative estimate of drug-likeness (QED) is 0.640. The van der Waals surface area contributed by atoms with Crippen molar-refractivity contribution in [1.82, 2.24) is 5.32 Å². The van der Waals surface area contributed by atoms with Crippen LogP contribution >= 0.6 is 0 Å². The van der Waals surface area contributed by atoms with Crippen LogP contribution in [0.5, 0.6) is 0 Å². The van der Waals surface area contributed by atoms with E-state index < -0.39 is 5.60 Å². The van der Waals surface area contributed by atoms with Crippen molar-refractivity contribution in [2.75, 3.05) is 11.9 Å². The zero-order valence-electron chi connectivity index (χ0n) is 14.9. The van der Waals surface area contributed by atoms with Gasteiger partial charge in [-0.1, -0.05) is 26.0 Å². The van der Waals surface area contributed by atoms with Gasteiger partial charge in [0.05, 0.1) is 5.60 Å². The second-order valence-electron chi connectivity index (χ2n) is 6.78. The van der Waals surface area contributed by atoms with Crippen LogP contribution < -0.4 is 10.6 Å². The third-order valence-corrected chi connectivity index (χ3v) is 3.56. The highest BCUT2D eigenvalue weighted by atomic mass is 16.3. The lowest BCUT2D eigenvalue weighted by molar-refractivity contribution is -0.117. The second-order valence-corrected chi connectivity index (χ2v) is 6.78. The number of carbonyl (C=O) groups excluding carboxylic acids is 2. The molecule has 0 fully saturated rings. The normalized spacial score (nSPS) is 13.8. The van der Waals surface area contributed by atoms with Gasteiger partial charge in [-0.25, -0.2) is 0 Å². The van der Waals surface area contributed by atoms with Gasteiger partial charge in [-0.15, -0.1) is 0 Å². The van der Waals surface area contributed by atoms with E-state index in [1.54, 1.807) is 25.1 Å². The summed E-state index contributed by atoms with van der Waals surface area (Å²) in [7, 11) is 0. The molecule has 0 spiro atoms. The van der Waals surface area contributed by atoms with Crippen molar-refractivity contribution in [2.45, 2.75) is 46.1 Å². The Kier molecular flexibility index (Phi) is 7.65. The fourth-order valence-electron chi connectivity index (χ4n) is 2.08. The van der Waals surface area contributed by atoms with Gasteiger partial charge < -0.3 is 15.7 Å². The van der Waals surface area contributed by atoms with Crippen LogP contribution in [0.1, 0.15) is 46.1 Å². The largest absolute Gasteiger partial charge is 0.388 e. The first-order valence-electron chi connectivity index (χ1n) is 8.24. The minimum absolute atomic E-state index is 0.123. The van der Waals surface area contributed by atoms with E-state index in [4.69, 9.17) is 0 Å². The van der Waals surface area contributed by atoms with E-state index in [0.29, 0.717) is 18.0 Å². The molecule has 1 rings (SSSR count). The average Bonchev–Trinajstić information content (AvgIpc) is 2.50. The number of hydrogen-bond acceptors (Lipinski definition) is 3. The Morgan fingerprint density at radius 2 is 1.88 bits per heavy atom. The van der Waals surface area contributed by atoms with Gasteiger partial charge in [-0.2, -0.15) is 0 Å². The molecule has 0 radical (unpaired) electrons. The van der Waals surface area contributed by atoms with E-state index in [1.807, 2.05) is 12.1 Å². The smallest absolute Gasteiger partial charge is 0.244 e. The van der Waals surface area contributed by atoms with Crippen LogP contribution in [0.4, 0.5) is 5.69 Å². The molecule has 1 aromatic rings. The maximum Gasteiger partial charge on any atom is 0.244 e. The van der Waals surface area contributed by atoms with Crippen molar-refractivity contribution < 1.29 is 14.7 Å². The van der Waals surface area contributed by atoms with Crippen LogP contribution in [0.2, 0.25) is 0 Å². The fraction of sp³-hybridized carbons (Fsp3) is 0.474. The molecule has 132 valence electrons. The molecule has 0 aromatic heterocycles. The number of hydrogen-bond donors (Lipinski definition) is 3. The van der Waals surface area contributed by atoms with Gasteiger partial charge in [0.15, 0.2) is 0 Å². The van der Waals surface area contributed by atoms with Crippen LogP contribution in [0.25, 0.3) is 6.08 Å². The first-order valence-corrected chi connectivity index (χ1v) is 8.24. The van der Waals surface area contributed by atoms with E-state index in [-0.39, 0.29) is 18.4 Å². The molecular weight excluding hydrogens is 304 g/mol. The van der Waals surface area contributed by atoms with Gasteiger partial charge in [0.1, 0.15) is 0 Å². The van der Waals surface area contributed by atoms with Crippen molar-refractivity contribution in [3.05, 3.63) is 35.9 Å². The minimum Gasteiger partial charge on any atom is -0.388 e. The zero-order chi connectivity index (χ0) is 18.2. The zero-order valence-corrected chi connectivity index (χ0v) is 14.9. The van der Waals surface area contributed by atoms with Crippen LogP contribution in [-0.4, -0.2) is 29.1 Å². The van der Waals surface area contributed by atoms with E-state index in [0.717, 1.165) is 12.0 Å². The molecule has 0 aliphatic carbocycles. The molecule has 3 N–H and O–H groups in total. The predicted molar refractivity (Wildman–Crippen MR) is 97.5 cm³/mol. The van der Waals surface area contributed by atoms with Gasteiger partial charge >= 0.3 is 0 Å². The highest BCUT2D eigenvalue weighted by molar-refractivity contribution is 5.92.